The second-order valence-corrected chi connectivity index (χ2v) is 4.18. The van der Waals surface area contributed by atoms with E-state index in [2.05, 4.69) is 20.4 Å². The minimum Gasteiger partial charge on any atom is -0.475 e. The molecule has 8 heteroatoms. The quantitative estimate of drug-likeness (QED) is 0.721. The van der Waals surface area contributed by atoms with E-state index in [1.165, 1.54) is 6.33 Å². The monoisotopic (exact) mass is 291 g/mol. The fourth-order valence-electron chi connectivity index (χ4n) is 1.56. The van der Waals surface area contributed by atoms with Crippen LogP contribution in [0.2, 0.25) is 0 Å². The van der Waals surface area contributed by atoms with Gasteiger partial charge in [0.2, 0.25) is 11.8 Å². The van der Waals surface area contributed by atoms with Gasteiger partial charge in [0.05, 0.1) is 25.0 Å². The molecule has 2 heterocycles. The number of carbonyl (C=O) groups excluding carboxylic acids is 1. The van der Waals surface area contributed by atoms with Gasteiger partial charge in [-0.3, -0.25) is 9.48 Å². The lowest BCUT2D eigenvalue weighted by Gasteiger charge is -2.07. The van der Waals surface area contributed by atoms with E-state index in [1.807, 2.05) is 0 Å². The molecule has 2 rings (SSSR count). The number of hydrogen-bond acceptors (Lipinski definition) is 6. The Kier molecular flexibility index (Phi) is 5.65. The summed E-state index contributed by atoms with van der Waals surface area (Å²) in [5, 5.41) is 6.68. The van der Waals surface area contributed by atoms with Gasteiger partial charge >= 0.3 is 0 Å². The highest BCUT2D eigenvalue weighted by molar-refractivity contribution is 5.90. The van der Waals surface area contributed by atoms with Gasteiger partial charge in [0.1, 0.15) is 19.3 Å². The number of nitrogens with one attached hydrogen (secondary N) is 1. The van der Waals surface area contributed by atoms with E-state index >= 15 is 0 Å². The van der Waals surface area contributed by atoms with Gasteiger partial charge in [-0.1, -0.05) is 0 Å². The molecule has 0 aliphatic carbocycles. The van der Waals surface area contributed by atoms with Crippen LogP contribution in [0.5, 0.6) is 5.88 Å². The maximum atomic E-state index is 11.8. The van der Waals surface area contributed by atoms with Crippen molar-refractivity contribution >= 4 is 11.6 Å². The van der Waals surface area contributed by atoms with E-state index in [1.54, 1.807) is 36.4 Å². The number of carbonyl (C=O) groups is 1. The zero-order valence-corrected chi connectivity index (χ0v) is 11.7. The summed E-state index contributed by atoms with van der Waals surface area (Å²) in [4.78, 5) is 19.7. The third kappa shape index (κ3) is 5.19. The number of aryl methyl sites for hydroxylation is 1. The number of aromatic nitrogens is 4. The molecule has 0 aliphatic heterocycles. The zero-order chi connectivity index (χ0) is 14.9. The first-order chi connectivity index (χ1) is 10.3. The summed E-state index contributed by atoms with van der Waals surface area (Å²) >= 11 is 0. The molecule has 112 valence electrons. The Morgan fingerprint density at radius 2 is 2.29 bits per heavy atom. The molecular formula is C13H17N5O3. The number of ether oxygens (including phenoxy) is 2. The zero-order valence-electron chi connectivity index (χ0n) is 11.7. The summed E-state index contributed by atoms with van der Waals surface area (Å²) in [6, 6.07) is 3.44. The Hall–Kier alpha value is -2.48. The maximum Gasteiger partial charge on any atom is 0.226 e. The number of hydrogen-bond donors (Lipinski definition) is 1. The predicted molar refractivity (Wildman–Crippen MR) is 74.9 cm³/mol. The molecular weight excluding hydrogens is 274 g/mol. The number of methoxy groups -OCH3 is 1. The van der Waals surface area contributed by atoms with Crippen molar-refractivity contribution in [1.82, 2.24) is 19.7 Å². The van der Waals surface area contributed by atoms with E-state index in [0.717, 1.165) is 0 Å². The summed E-state index contributed by atoms with van der Waals surface area (Å²) in [7, 11) is 1.61. The summed E-state index contributed by atoms with van der Waals surface area (Å²) in [5.41, 5.74) is 0.623. The minimum atomic E-state index is -0.111. The molecule has 0 bridgehead atoms. The lowest BCUT2D eigenvalue weighted by Crippen LogP contribution is -2.15. The van der Waals surface area contributed by atoms with Gasteiger partial charge in [-0.2, -0.15) is 5.10 Å². The second-order valence-electron chi connectivity index (χ2n) is 4.18. The van der Waals surface area contributed by atoms with Crippen LogP contribution in [0, 0.1) is 0 Å². The molecule has 0 aromatic carbocycles. The smallest absolute Gasteiger partial charge is 0.226 e. The summed E-state index contributed by atoms with van der Waals surface area (Å²) in [6.45, 7) is 1.42. The molecule has 0 fully saturated rings. The molecule has 2 aromatic heterocycles. The Morgan fingerprint density at radius 1 is 1.38 bits per heavy atom. The molecule has 0 radical (unpaired) electrons. The molecule has 0 atom stereocenters. The Balaban J connectivity index is 1.75. The molecule has 2 aromatic rings. The van der Waals surface area contributed by atoms with E-state index in [-0.39, 0.29) is 5.91 Å². The third-order valence-electron chi connectivity index (χ3n) is 2.59. The fourth-order valence-corrected chi connectivity index (χ4v) is 1.56. The number of amides is 1. The summed E-state index contributed by atoms with van der Waals surface area (Å²) in [6.07, 6.45) is 4.87. The van der Waals surface area contributed by atoms with Crippen molar-refractivity contribution in [2.75, 3.05) is 25.6 Å². The molecule has 1 amide bonds. The first-order valence-electron chi connectivity index (χ1n) is 6.48. The van der Waals surface area contributed by atoms with Crippen molar-refractivity contribution in [1.29, 1.82) is 0 Å². The SMILES string of the molecule is COCCOc1ccc(NC(=O)CCn2cncn2)cn1. The van der Waals surface area contributed by atoms with Crippen LogP contribution in [0.25, 0.3) is 0 Å². The standard InChI is InChI=1S/C13H17N5O3/c1-20-6-7-21-13-3-2-11(8-15-13)17-12(19)4-5-18-10-14-9-16-18/h2-3,8-10H,4-7H2,1H3,(H,17,19). The van der Waals surface area contributed by atoms with Crippen molar-refractivity contribution in [3.8, 4) is 5.88 Å². The lowest BCUT2D eigenvalue weighted by molar-refractivity contribution is -0.116. The highest BCUT2D eigenvalue weighted by Gasteiger charge is 2.04. The first kappa shape index (κ1) is 14.9. The average molecular weight is 291 g/mol. The second kappa shape index (κ2) is 7.95. The van der Waals surface area contributed by atoms with Gasteiger partial charge in [0, 0.05) is 19.6 Å². The van der Waals surface area contributed by atoms with Gasteiger partial charge < -0.3 is 14.8 Å². The highest BCUT2D eigenvalue weighted by Crippen LogP contribution is 2.11. The Morgan fingerprint density at radius 3 is 2.95 bits per heavy atom. The summed E-state index contributed by atoms with van der Waals surface area (Å²) in [5.74, 6) is 0.382. The maximum absolute atomic E-state index is 11.8. The van der Waals surface area contributed by atoms with E-state index in [9.17, 15) is 4.79 Å². The molecule has 0 spiro atoms. The van der Waals surface area contributed by atoms with E-state index < -0.39 is 0 Å². The van der Waals surface area contributed by atoms with Gasteiger partial charge in [-0.05, 0) is 6.07 Å². The summed E-state index contributed by atoms with van der Waals surface area (Å²) < 4.78 is 11.8. The van der Waals surface area contributed by atoms with Crippen molar-refractivity contribution in [3.63, 3.8) is 0 Å². The van der Waals surface area contributed by atoms with Gasteiger partial charge in [0.25, 0.3) is 0 Å². The first-order valence-corrected chi connectivity index (χ1v) is 6.48. The third-order valence-corrected chi connectivity index (χ3v) is 2.59. The number of rotatable bonds is 8. The minimum absolute atomic E-state index is 0.111. The van der Waals surface area contributed by atoms with Gasteiger partial charge in [-0.15, -0.1) is 0 Å². The molecule has 0 aliphatic rings. The van der Waals surface area contributed by atoms with Crippen LogP contribution in [0.15, 0.2) is 31.0 Å². The van der Waals surface area contributed by atoms with Crippen molar-refractivity contribution in [2.24, 2.45) is 0 Å². The number of anilines is 1. The lowest BCUT2D eigenvalue weighted by atomic mass is 10.3. The van der Waals surface area contributed by atoms with E-state index in [4.69, 9.17) is 9.47 Å². The molecule has 21 heavy (non-hydrogen) atoms. The number of pyridine rings is 1. The predicted octanol–water partition coefficient (Wildman–Crippen LogP) is 0.727. The van der Waals surface area contributed by atoms with Crippen LogP contribution in [0.1, 0.15) is 6.42 Å². The van der Waals surface area contributed by atoms with Crippen LogP contribution in [-0.4, -0.2) is 46.0 Å². The molecule has 0 saturated carbocycles. The van der Waals surface area contributed by atoms with Gasteiger partial charge in [-0.25, -0.2) is 9.97 Å². The van der Waals surface area contributed by atoms with Crippen LogP contribution in [0.3, 0.4) is 0 Å². The van der Waals surface area contributed by atoms with Crippen molar-refractivity contribution < 1.29 is 14.3 Å². The normalized spacial score (nSPS) is 10.3. The topological polar surface area (TPSA) is 91.2 Å². The largest absolute Gasteiger partial charge is 0.475 e. The average Bonchev–Trinajstić information content (AvgIpc) is 3.01. The van der Waals surface area contributed by atoms with Crippen LogP contribution < -0.4 is 10.1 Å². The fraction of sp³-hybridized carbons (Fsp3) is 0.385. The highest BCUT2D eigenvalue weighted by atomic mass is 16.5. The van der Waals surface area contributed by atoms with Crippen LogP contribution in [-0.2, 0) is 16.1 Å². The molecule has 1 N–H and O–H groups in total. The Bertz CT molecular complexity index is 541. The van der Waals surface area contributed by atoms with Gasteiger partial charge in [0.15, 0.2) is 0 Å². The molecule has 8 nitrogen and oxygen atoms in total. The number of nitrogens with zero attached hydrogens (tertiary/aromatic N) is 4. The van der Waals surface area contributed by atoms with E-state index in [0.29, 0.717) is 37.7 Å². The van der Waals surface area contributed by atoms with Crippen LogP contribution in [0.4, 0.5) is 5.69 Å². The van der Waals surface area contributed by atoms with Crippen molar-refractivity contribution in [3.05, 3.63) is 31.0 Å². The van der Waals surface area contributed by atoms with Crippen molar-refractivity contribution in [2.45, 2.75) is 13.0 Å². The van der Waals surface area contributed by atoms with Crippen LogP contribution >= 0.6 is 0 Å². The Labute approximate surface area is 122 Å². The molecule has 0 saturated heterocycles. The molecule has 0 unspecified atom stereocenters.